The van der Waals surface area contributed by atoms with Crippen LogP contribution in [0.5, 0.6) is 0 Å². The Balaban J connectivity index is 2.21. The number of carbonyl (C=O) groups is 2. The van der Waals surface area contributed by atoms with Crippen LogP contribution < -0.4 is 5.32 Å². The van der Waals surface area contributed by atoms with Gasteiger partial charge < -0.3 is 10.4 Å². The van der Waals surface area contributed by atoms with Gasteiger partial charge in [-0.25, -0.2) is 0 Å². The number of aryl methyl sites for hydroxylation is 1. The van der Waals surface area contributed by atoms with Crippen molar-refractivity contribution in [2.75, 3.05) is 5.32 Å². The molecule has 0 spiro atoms. The first-order chi connectivity index (χ1) is 10.5. The van der Waals surface area contributed by atoms with Gasteiger partial charge >= 0.3 is 18.0 Å². The molecule has 1 atom stereocenters. The van der Waals surface area contributed by atoms with E-state index < -0.39 is 30.1 Å². The summed E-state index contributed by atoms with van der Waals surface area (Å²) in [5.74, 6) is -2.92. The van der Waals surface area contributed by atoms with Crippen LogP contribution in [0, 0.1) is 6.92 Å². The minimum Gasteiger partial charge on any atom is -0.362 e. The van der Waals surface area contributed by atoms with Crippen LogP contribution in [0.25, 0.3) is 0 Å². The van der Waals surface area contributed by atoms with Crippen molar-refractivity contribution in [3.8, 4) is 0 Å². The Morgan fingerprint density at radius 1 is 1.26 bits per heavy atom. The molecule has 0 aliphatic carbocycles. The van der Waals surface area contributed by atoms with Crippen molar-refractivity contribution in [3.63, 3.8) is 0 Å². The highest BCUT2D eigenvalue weighted by Gasteiger charge is 2.63. The average Bonchev–Trinajstić information content (AvgIpc) is 2.76. The van der Waals surface area contributed by atoms with Gasteiger partial charge in [0.25, 0.3) is 5.72 Å². The molecule has 2 rings (SSSR count). The standard InChI is InChI=1S/C14H14F3N3O3/c1-8-3-5-10(6-4-8)18-11(21)12(22)20-13(23,14(15,16)17)7-9(2)19-20/h3-6,23H,7H2,1-2H3,(H,18,21). The molecular weight excluding hydrogens is 315 g/mol. The highest BCUT2D eigenvalue weighted by molar-refractivity contribution is 6.39. The predicted molar refractivity (Wildman–Crippen MR) is 75.4 cm³/mol. The fourth-order valence-corrected chi connectivity index (χ4v) is 2.07. The molecule has 124 valence electrons. The average molecular weight is 329 g/mol. The maximum atomic E-state index is 13.0. The number of benzene rings is 1. The van der Waals surface area contributed by atoms with Crippen molar-refractivity contribution in [2.45, 2.75) is 32.2 Å². The molecule has 1 aliphatic heterocycles. The van der Waals surface area contributed by atoms with E-state index in [4.69, 9.17) is 0 Å². The summed E-state index contributed by atoms with van der Waals surface area (Å²) in [7, 11) is 0. The number of amides is 2. The molecule has 0 fully saturated rings. The van der Waals surface area contributed by atoms with Crippen LogP contribution >= 0.6 is 0 Å². The lowest BCUT2D eigenvalue weighted by Crippen LogP contribution is -2.58. The van der Waals surface area contributed by atoms with Crippen LogP contribution in [0.15, 0.2) is 29.4 Å². The lowest BCUT2D eigenvalue weighted by atomic mass is 10.1. The van der Waals surface area contributed by atoms with Crippen molar-refractivity contribution in [2.24, 2.45) is 5.10 Å². The Hall–Kier alpha value is -2.42. The third-order valence-corrected chi connectivity index (χ3v) is 3.27. The summed E-state index contributed by atoms with van der Waals surface area (Å²) >= 11 is 0. The maximum Gasteiger partial charge on any atom is 0.438 e. The molecule has 0 saturated heterocycles. The molecular formula is C14H14F3N3O3. The van der Waals surface area contributed by atoms with Gasteiger partial charge in [0.1, 0.15) is 0 Å². The molecule has 2 N–H and O–H groups in total. The number of rotatable bonds is 1. The number of hydrogen-bond acceptors (Lipinski definition) is 4. The monoisotopic (exact) mass is 329 g/mol. The zero-order valence-electron chi connectivity index (χ0n) is 12.3. The van der Waals surface area contributed by atoms with Crippen LogP contribution in [-0.4, -0.2) is 39.5 Å². The molecule has 1 aliphatic rings. The number of anilines is 1. The van der Waals surface area contributed by atoms with E-state index in [1.165, 1.54) is 19.1 Å². The summed E-state index contributed by atoms with van der Waals surface area (Å²) < 4.78 is 39.0. The molecule has 9 heteroatoms. The van der Waals surface area contributed by atoms with Crippen molar-refractivity contribution in [3.05, 3.63) is 29.8 Å². The topological polar surface area (TPSA) is 82.0 Å². The molecule has 0 bridgehead atoms. The quantitative estimate of drug-likeness (QED) is 0.771. The molecule has 1 unspecified atom stereocenters. The SMILES string of the molecule is CC1=NN(C(=O)C(=O)Nc2ccc(C)cc2)C(O)(C(F)(F)F)C1. The third kappa shape index (κ3) is 3.19. The Bertz CT molecular complexity index is 670. The van der Waals surface area contributed by atoms with Crippen molar-refractivity contribution < 1.29 is 27.9 Å². The molecule has 1 heterocycles. The Labute approximate surface area is 129 Å². The molecule has 0 aromatic heterocycles. The summed E-state index contributed by atoms with van der Waals surface area (Å²) in [6.45, 7) is 3.03. The van der Waals surface area contributed by atoms with Gasteiger partial charge in [0.2, 0.25) is 0 Å². The van der Waals surface area contributed by atoms with E-state index in [2.05, 4.69) is 10.4 Å². The van der Waals surface area contributed by atoms with Gasteiger partial charge in [-0.1, -0.05) is 17.7 Å². The third-order valence-electron chi connectivity index (χ3n) is 3.27. The highest BCUT2D eigenvalue weighted by Crippen LogP contribution is 2.40. The van der Waals surface area contributed by atoms with Gasteiger partial charge in [0.15, 0.2) is 0 Å². The van der Waals surface area contributed by atoms with Crippen LogP contribution in [0.2, 0.25) is 0 Å². The largest absolute Gasteiger partial charge is 0.438 e. The Kier molecular flexibility index (Phi) is 4.16. The van der Waals surface area contributed by atoms with Crippen molar-refractivity contribution in [1.82, 2.24) is 5.01 Å². The predicted octanol–water partition coefficient (Wildman–Crippen LogP) is 1.79. The van der Waals surface area contributed by atoms with Crippen molar-refractivity contribution >= 4 is 23.2 Å². The van der Waals surface area contributed by atoms with Gasteiger partial charge in [0.05, 0.1) is 0 Å². The van der Waals surface area contributed by atoms with E-state index in [1.54, 1.807) is 12.1 Å². The number of aliphatic hydroxyl groups is 1. The molecule has 0 saturated carbocycles. The van der Waals surface area contributed by atoms with Crippen molar-refractivity contribution in [1.29, 1.82) is 0 Å². The number of alkyl halides is 3. The second-order valence-corrected chi connectivity index (χ2v) is 5.26. The number of nitrogens with one attached hydrogen (secondary N) is 1. The second kappa shape index (κ2) is 5.65. The minimum atomic E-state index is -5.14. The van der Waals surface area contributed by atoms with Crippen LogP contribution in [0.4, 0.5) is 18.9 Å². The molecule has 6 nitrogen and oxygen atoms in total. The van der Waals surface area contributed by atoms with Crippen LogP contribution in [0.1, 0.15) is 18.9 Å². The fourth-order valence-electron chi connectivity index (χ4n) is 2.07. The van der Waals surface area contributed by atoms with Crippen LogP contribution in [0.3, 0.4) is 0 Å². The van der Waals surface area contributed by atoms with E-state index in [0.29, 0.717) is 0 Å². The zero-order valence-corrected chi connectivity index (χ0v) is 12.3. The first-order valence-electron chi connectivity index (χ1n) is 6.60. The number of hydrazone groups is 1. The molecule has 1 aromatic rings. The summed E-state index contributed by atoms with van der Waals surface area (Å²) in [5.41, 5.74) is -2.48. The first-order valence-corrected chi connectivity index (χ1v) is 6.60. The zero-order chi connectivity index (χ0) is 17.4. The molecule has 2 amide bonds. The van der Waals surface area contributed by atoms with Crippen LogP contribution in [-0.2, 0) is 9.59 Å². The van der Waals surface area contributed by atoms with Gasteiger partial charge in [0, 0.05) is 17.8 Å². The smallest absolute Gasteiger partial charge is 0.362 e. The summed E-state index contributed by atoms with van der Waals surface area (Å²) in [4.78, 5) is 23.8. The fraction of sp³-hybridized carbons (Fsp3) is 0.357. The van der Waals surface area contributed by atoms with Gasteiger partial charge in [-0.15, -0.1) is 0 Å². The maximum absolute atomic E-state index is 13.0. The first kappa shape index (κ1) is 16.9. The van der Waals surface area contributed by atoms with Gasteiger partial charge in [-0.05, 0) is 26.0 Å². The van der Waals surface area contributed by atoms with E-state index in [0.717, 1.165) is 5.56 Å². The minimum absolute atomic E-state index is 0.110. The van der Waals surface area contributed by atoms with E-state index in [9.17, 15) is 27.9 Å². The Morgan fingerprint density at radius 3 is 2.35 bits per heavy atom. The summed E-state index contributed by atoms with van der Waals surface area (Å²) in [6.07, 6.45) is -6.05. The second-order valence-electron chi connectivity index (χ2n) is 5.26. The van der Waals surface area contributed by atoms with E-state index >= 15 is 0 Å². The molecule has 0 radical (unpaired) electrons. The molecule has 23 heavy (non-hydrogen) atoms. The number of halogens is 3. The van der Waals surface area contributed by atoms with Gasteiger partial charge in [-0.2, -0.15) is 23.3 Å². The summed E-state index contributed by atoms with van der Waals surface area (Å²) in [5, 5.41) is 15.1. The molecule has 1 aromatic carbocycles. The lowest BCUT2D eigenvalue weighted by Gasteiger charge is -2.32. The number of nitrogens with zero attached hydrogens (tertiary/aromatic N) is 2. The number of carbonyl (C=O) groups excluding carboxylic acids is 2. The highest BCUT2D eigenvalue weighted by atomic mass is 19.4. The summed E-state index contributed by atoms with van der Waals surface area (Å²) in [6, 6.07) is 6.30. The van der Waals surface area contributed by atoms with Gasteiger partial charge in [-0.3, -0.25) is 9.59 Å². The van der Waals surface area contributed by atoms with E-state index in [1.807, 2.05) is 6.92 Å². The van der Waals surface area contributed by atoms with E-state index in [-0.39, 0.29) is 16.4 Å². The normalized spacial score (nSPS) is 21.1. The Morgan fingerprint density at radius 2 is 1.83 bits per heavy atom. The lowest BCUT2D eigenvalue weighted by molar-refractivity contribution is -0.301. The number of hydrogen-bond donors (Lipinski definition) is 2.